The van der Waals surface area contributed by atoms with Gasteiger partial charge in [-0.3, -0.25) is 4.79 Å². The monoisotopic (exact) mass is 459 g/mol. The summed E-state index contributed by atoms with van der Waals surface area (Å²) in [6, 6.07) is 12.6. The Labute approximate surface area is 158 Å². The van der Waals surface area contributed by atoms with Crippen LogP contribution in [-0.4, -0.2) is 11.9 Å². The molecule has 1 aliphatic rings. The van der Waals surface area contributed by atoms with E-state index in [-0.39, 0.29) is 17.9 Å². The van der Waals surface area contributed by atoms with Crippen molar-refractivity contribution in [2.24, 2.45) is 0 Å². The normalized spacial score (nSPS) is 20.5. The highest BCUT2D eigenvalue weighted by atomic mass is 127. The highest BCUT2D eigenvalue weighted by Crippen LogP contribution is 2.36. The molecule has 2 nitrogen and oxygen atoms in total. The highest BCUT2D eigenvalue weighted by molar-refractivity contribution is 14.1. The standard InChI is InChI=1S/C19H17F3INO/c20-19(21,22)13-10-8-12(9-11-13)14-5-3-7-17(14)24-18(25)15-4-1-2-6-16(15)23/h1-2,4,6,8-11,14,17H,3,5,7H2,(H,24,25)/t14-,17-/m1/s1. The summed E-state index contributed by atoms with van der Waals surface area (Å²) in [4.78, 5) is 12.5. The Kier molecular flexibility index (Phi) is 5.36. The van der Waals surface area contributed by atoms with Crippen LogP contribution >= 0.6 is 22.6 Å². The largest absolute Gasteiger partial charge is 0.416 e. The molecule has 3 rings (SSSR count). The third-order valence-corrected chi connectivity index (χ3v) is 5.56. The van der Waals surface area contributed by atoms with Crippen LogP contribution in [0.4, 0.5) is 13.2 Å². The molecule has 2 aromatic rings. The van der Waals surface area contributed by atoms with Gasteiger partial charge in [-0.05, 0) is 65.3 Å². The predicted octanol–water partition coefficient (Wildman–Crippen LogP) is 5.38. The van der Waals surface area contributed by atoms with Gasteiger partial charge in [-0.25, -0.2) is 0 Å². The summed E-state index contributed by atoms with van der Waals surface area (Å²) in [5.41, 5.74) is 0.827. The first-order valence-electron chi connectivity index (χ1n) is 8.09. The number of hydrogen-bond donors (Lipinski definition) is 1. The number of hydrogen-bond acceptors (Lipinski definition) is 1. The molecule has 6 heteroatoms. The molecule has 1 saturated carbocycles. The molecule has 1 aliphatic carbocycles. The van der Waals surface area contributed by atoms with E-state index in [1.54, 1.807) is 6.07 Å². The molecule has 0 bridgehead atoms. The van der Waals surface area contributed by atoms with E-state index < -0.39 is 11.7 Å². The zero-order chi connectivity index (χ0) is 18.0. The maximum Gasteiger partial charge on any atom is 0.416 e. The number of nitrogens with one attached hydrogen (secondary N) is 1. The highest BCUT2D eigenvalue weighted by Gasteiger charge is 2.33. The lowest BCUT2D eigenvalue weighted by atomic mass is 9.93. The lowest BCUT2D eigenvalue weighted by molar-refractivity contribution is -0.137. The van der Waals surface area contributed by atoms with Crippen LogP contribution in [0.2, 0.25) is 0 Å². The summed E-state index contributed by atoms with van der Waals surface area (Å²) < 4.78 is 39.0. The molecule has 0 spiro atoms. The van der Waals surface area contributed by atoms with Crippen molar-refractivity contribution in [1.29, 1.82) is 0 Å². The van der Waals surface area contributed by atoms with Gasteiger partial charge in [0.15, 0.2) is 0 Å². The molecule has 25 heavy (non-hydrogen) atoms. The molecule has 1 N–H and O–H groups in total. The molecule has 0 radical (unpaired) electrons. The Morgan fingerprint density at radius 3 is 2.36 bits per heavy atom. The fourth-order valence-corrected chi connectivity index (χ4v) is 3.97. The van der Waals surface area contributed by atoms with Gasteiger partial charge in [0.05, 0.1) is 11.1 Å². The van der Waals surface area contributed by atoms with Crippen molar-refractivity contribution in [3.05, 3.63) is 68.8 Å². The molecule has 0 aromatic heterocycles. The van der Waals surface area contributed by atoms with E-state index in [0.29, 0.717) is 5.56 Å². The second-order valence-corrected chi connectivity index (χ2v) is 7.38. The molecule has 0 aliphatic heterocycles. The topological polar surface area (TPSA) is 29.1 Å². The zero-order valence-corrected chi connectivity index (χ0v) is 15.5. The third kappa shape index (κ3) is 4.16. The van der Waals surface area contributed by atoms with Crippen molar-refractivity contribution in [2.75, 3.05) is 0 Å². The van der Waals surface area contributed by atoms with E-state index in [9.17, 15) is 18.0 Å². The molecule has 0 unspecified atom stereocenters. The number of alkyl halides is 3. The second-order valence-electron chi connectivity index (χ2n) is 6.22. The van der Waals surface area contributed by atoms with Gasteiger partial charge < -0.3 is 5.32 Å². The second kappa shape index (κ2) is 7.35. The van der Waals surface area contributed by atoms with E-state index in [1.807, 2.05) is 18.2 Å². The third-order valence-electron chi connectivity index (χ3n) is 4.62. The molecular formula is C19H17F3INO. The van der Waals surface area contributed by atoms with E-state index >= 15 is 0 Å². The number of halogens is 4. The van der Waals surface area contributed by atoms with Crippen LogP contribution < -0.4 is 5.32 Å². The van der Waals surface area contributed by atoms with Crippen LogP contribution in [-0.2, 0) is 6.18 Å². The fourth-order valence-electron chi connectivity index (χ4n) is 3.34. The smallest absolute Gasteiger partial charge is 0.349 e. The average Bonchev–Trinajstić information content (AvgIpc) is 3.02. The SMILES string of the molecule is O=C(N[C@@H]1CCC[C@@H]1c1ccc(C(F)(F)F)cc1)c1ccccc1I. The molecule has 1 fully saturated rings. The van der Waals surface area contributed by atoms with E-state index in [4.69, 9.17) is 0 Å². The number of amides is 1. The number of rotatable bonds is 3. The van der Waals surface area contributed by atoms with Gasteiger partial charge in [0, 0.05) is 15.5 Å². The van der Waals surface area contributed by atoms with Gasteiger partial charge in [0.1, 0.15) is 0 Å². The van der Waals surface area contributed by atoms with E-state index in [0.717, 1.165) is 40.5 Å². The number of benzene rings is 2. The summed E-state index contributed by atoms with van der Waals surface area (Å²) >= 11 is 2.12. The van der Waals surface area contributed by atoms with Crippen LogP contribution in [0.3, 0.4) is 0 Å². The van der Waals surface area contributed by atoms with E-state index in [2.05, 4.69) is 27.9 Å². The van der Waals surface area contributed by atoms with Gasteiger partial charge in [0.2, 0.25) is 0 Å². The van der Waals surface area contributed by atoms with Gasteiger partial charge >= 0.3 is 6.18 Å². The average molecular weight is 459 g/mol. The van der Waals surface area contributed by atoms with Crippen LogP contribution in [0, 0.1) is 3.57 Å². The first-order chi connectivity index (χ1) is 11.9. The van der Waals surface area contributed by atoms with Crippen molar-refractivity contribution in [2.45, 2.75) is 37.4 Å². The van der Waals surface area contributed by atoms with Crippen molar-refractivity contribution in [1.82, 2.24) is 5.32 Å². The Morgan fingerprint density at radius 1 is 1.04 bits per heavy atom. The van der Waals surface area contributed by atoms with Gasteiger partial charge in [-0.2, -0.15) is 13.2 Å². The summed E-state index contributed by atoms with van der Waals surface area (Å²) in [5, 5.41) is 3.06. The van der Waals surface area contributed by atoms with Crippen molar-refractivity contribution in [3.8, 4) is 0 Å². The summed E-state index contributed by atoms with van der Waals surface area (Å²) in [6.45, 7) is 0. The van der Waals surface area contributed by atoms with Crippen molar-refractivity contribution < 1.29 is 18.0 Å². The Hall–Kier alpha value is -1.57. The minimum atomic E-state index is -4.33. The molecule has 2 aromatic carbocycles. The summed E-state index contributed by atoms with van der Waals surface area (Å²) in [6.07, 6.45) is -1.68. The molecule has 132 valence electrons. The Morgan fingerprint density at radius 2 is 1.72 bits per heavy atom. The molecule has 2 atom stereocenters. The van der Waals surface area contributed by atoms with Gasteiger partial charge in [-0.15, -0.1) is 0 Å². The molecule has 0 saturated heterocycles. The van der Waals surface area contributed by atoms with Crippen LogP contribution in [0.15, 0.2) is 48.5 Å². The van der Waals surface area contributed by atoms with Gasteiger partial charge in [0.25, 0.3) is 5.91 Å². The van der Waals surface area contributed by atoms with Crippen LogP contribution in [0.1, 0.15) is 46.7 Å². The lowest BCUT2D eigenvalue weighted by Gasteiger charge is -2.22. The van der Waals surface area contributed by atoms with E-state index in [1.165, 1.54) is 12.1 Å². The number of carbonyl (C=O) groups excluding carboxylic acids is 1. The summed E-state index contributed by atoms with van der Waals surface area (Å²) in [5.74, 6) is -0.0820. The maximum atomic E-state index is 12.7. The minimum Gasteiger partial charge on any atom is -0.349 e. The Bertz CT molecular complexity index is 758. The van der Waals surface area contributed by atoms with Crippen LogP contribution in [0.5, 0.6) is 0 Å². The van der Waals surface area contributed by atoms with Crippen molar-refractivity contribution >= 4 is 28.5 Å². The zero-order valence-electron chi connectivity index (χ0n) is 13.3. The predicted molar refractivity (Wildman–Crippen MR) is 98.4 cm³/mol. The van der Waals surface area contributed by atoms with Crippen LogP contribution in [0.25, 0.3) is 0 Å². The Balaban J connectivity index is 1.75. The lowest BCUT2D eigenvalue weighted by Crippen LogP contribution is -2.36. The summed E-state index contributed by atoms with van der Waals surface area (Å²) in [7, 11) is 0. The first-order valence-corrected chi connectivity index (χ1v) is 9.16. The minimum absolute atomic E-state index is 0.0487. The van der Waals surface area contributed by atoms with Gasteiger partial charge in [-0.1, -0.05) is 30.7 Å². The fraction of sp³-hybridized carbons (Fsp3) is 0.316. The van der Waals surface area contributed by atoms with Crippen molar-refractivity contribution in [3.63, 3.8) is 0 Å². The maximum absolute atomic E-state index is 12.7. The quantitative estimate of drug-likeness (QED) is 0.615. The number of carbonyl (C=O) groups is 1. The molecular weight excluding hydrogens is 442 g/mol. The molecule has 0 heterocycles. The molecule has 1 amide bonds. The first kappa shape index (κ1) is 18.2.